The minimum Gasteiger partial charge on any atom is -0.465 e. The average molecular weight is 448 g/mol. The van der Waals surface area contributed by atoms with Crippen molar-refractivity contribution in [3.8, 4) is 11.3 Å². The summed E-state index contributed by atoms with van der Waals surface area (Å²) in [6, 6.07) is 11.6. The van der Waals surface area contributed by atoms with Crippen LogP contribution in [0.3, 0.4) is 0 Å². The third-order valence-corrected chi connectivity index (χ3v) is 5.02. The number of carbonyl (C=O) groups excluding carboxylic acids is 1. The number of aromatic nitrogens is 2. The van der Waals surface area contributed by atoms with E-state index in [1.807, 2.05) is 50.2 Å². The fourth-order valence-electron chi connectivity index (χ4n) is 3.19. The van der Waals surface area contributed by atoms with Gasteiger partial charge in [-0.25, -0.2) is 4.98 Å². The number of hydrogen-bond donors (Lipinski definition) is 0. The molecule has 1 unspecified atom stereocenters. The second kappa shape index (κ2) is 8.81. The average Bonchev–Trinajstić information content (AvgIpc) is 2.66. The molecule has 1 aromatic carbocycles. The van der Waals surface area contributed by atoms with E-state index in [1.165, 1.54) is 0 Å². The van der Waals surface area contributed by atoms with Crippen molar-refractivity contribution in [2.45, 2.75) is 32.6 Å². The first kappa shape index (κ1) is 19.8. The Balaban J connectivity index is 2.23. The largest absolute Gasteiger partial charge is 0.465 e. The third-order valence-electron chi connectivity index (χ3n) is 4.34. The van der Waals surface area contributed by atoms with Crippen LogP contribution < -0.4 is 0 Å². The SMILES string of the molecule is CCCC(C(=O)OCC)c1ncccc1-c1nc(Cl)cc2ccc(Br)cc12. The van der Waals surface area contributed by atoms with Crippen LogP contribution >= 0.6 is 27.5 Å². The summed E-state index contributed by atoms with van der Waals surface area (Å²) in [5, 5.41) is 2.33. The topological polar surface area (TPSA) is 52.1 Å². The van der Waals surface area contributed by atoms with Crippen LogP contribution in [-0.2, 0) is 9.53 Å². The van der Waals surface area contributed by atoms with E-state index in [1.54, 1.807) is 6.20 Å². The van der Waals surface area contributed by atoms with Gasteiger partial charge in [0.1, 0.15) is 5.15 Å². The highest BCUT2D eigenvalue weighted by molar-refractivity contribution is 9.10. The maximum absolute atomic E-state index is 12.6. The van der Waals surface area contributed by atoms with E-state index in [2.05, 4.69) is 25.9 Å². The van der Waals surface area contributed by atoms with E-state index in [-0.39, 0.29) is 5.97 Å². The fourth-order valence-corrected chi connectivity index (χ4v) is 3.75. The van der Waals surface area contributed by atoms with Gasteiger partial charge in [-0.05, 0) is 49.1 Å². The monoisotopic (exact) mass is 446 g/mol. The molecule has 0 saturated carbocycles. The number of nitrogens with zero attached hydrogens (tertiary/aromatic N) is 2. The molecule has 0 amide bonds. The minimum atomic E-state index is -0.436. The fraction of sp³-hybridized carbons (Fsp3) is 0.286. The number of benzene rings is 1. The summed E-state index contributed by atoms with van der Waals surface area (Å²) in [7, 11) is 0. The molecule has 4 nitrogen and oxygen atoms in total. The zero-order valence-electron chi connectivity index (χ0n) is 15.2. The second-order valence-electron chi connectivity index (χ2n) is 6.19. The molecule has 6 heteroatoms. The molecule has 140 valence electrons. The maximum Gasteiger partial charge on any atom is 0.315 e. The zero-order valence-corrected chi connectivity index (χ0v) is 17.5. The molecule has 2 aromatic heterocycles. The molecular formula is C21H20BrClN2O2. The first-order chi connectivity index (χ1) is 13.0. The van der Waals surface area contributed by atoms with Crippen LogP contribution in [0.2, 0.25) is 5.15 Å². The quantitative estimate of drug-likeness (QED) is 0.335. The molecule has 3 aromatic rings. The lowest BCUT2D eigenvalue weighted by molar-refractivity contribution is -0.145. The number of rotatable bonds is 6. The van der Waals surface area contributed by atoms with Gasteiger partial charge in [-0.3, -0.25) is 9.78 Å². The van der Waals surface area contributed by atoms with Crippen LogP contribution in [0, 0.1) is 0 Å². The minimum absolute atomic E-state index is 0.258. The van der Waals surface area contributed by atoms with Crippen LogP contribution in [0.15, 0.2) is 47.1 Å². The van der Waals surface area contributed by atoms with Crippen molar-refractivity contribution in [3.63, 3.8) is 0 Å². The zero-order chi connectivity index (χ0) is 19.4. The maximum atomic E-state index is 12.6. The number of fused-ring (bicyclic) bond motifs is 1. The molecule has 27 heavy (non-hydrogen) atoms. The Kier molecular flexibility index (Phi) is 6.45. The lowest BCUT2D eigenvalue weighted by atomic mass is 9.92. The van der Waals surface area contributed by atoms with Gasteiger partial charge in [0, 0.05) is 21.6 Å². The Labute approximate surface area is 172 Å². The predicted molar refractivity (Wildman–Crippen MR) is 112 cm³/mol. The Hall–Kier alpha value is -1.98. The summed E-state index contributed by atoms with van der Waals surface area (Å²) in [6.07, 6.45) is 3.20. The summed E-state index contributed by atoms with van der Waals surface area (Å²) in [5.74, 6) is -0.694. The molecule has 0 aliphatic heterocycles. The standard InChI is InChI=1S/C21H20BrClN2O2/c1-3-6-16(21(26)27-4-2)19-15(7-5-10-24-19)20-17-12-14(22)9-8-13(17)11-18(23)25-20/h5,7-12,16H,3-4,6H2,1-2H3. The molecule has 0 radical (unpaired) electrons. The number of ether oxygens (including phenoxy) is 1. The summed E-state index contributed by atoms with van der Waals surface area (Å²) in [5.41, 5.74) is 2.19. The van der Waals surface area contributed by atoms with Crippen LogP contribution in [0.5, 0.6) is 0 Å². The first-order valence-electron chi connectivity index (χ1n) is 8.92. The normalized spacial score (nSPS) is 12.1. The van der Waals surface area contributed by atoms with Crippen molar-refractivity contribution in [1.29, 1.82) is 0 Å². The number of hydrogen-bond acceptors (Lipinski definition) is 4. The van der Waals surface area contributed by atoms with Gasteiger partial charge in [0.05, 0.1) is 23.9 Å². The van der Waals surface area contributed by atoms with Gasteiger partial charge in [-0.2, -0.15) is 0 Å². The highest BCUT2D eigenvalue weighted by Gasteiger charge is 2.26. The second-order valence-corrected chi connectivity index (χ2v) is 7.49. The smallest absolute Gasteiger partial charge is 0.315 e. The van der Waals surface area contributed by atoms with Gasteiger partial charge in [0.2, 0.25) is 0 Å². The van der Waals surface area contributed by atoms with Crippen LogP contribution in [0.1, 0.15) is 38.3 Å². The molecular weight excluding hydrogens is 428 g/mol. The van der Waals surface area contributed by atoms with E-state index >= 15 is 0 Å². The number of pyridine rings is 2. The Morgan fingerprint density at radius 1 is 1.26 bits per heavy atom. The van der Waals surface area contributed by atoms with E-state index in [0.29, 0.717) is 29.6 Å². The Morgan fingerprint density at radius 3 is 2.81 bits per heavy atom. The van der Waals surface area contributed by atoms with Crippen molar-refractivity contribution in [2.75, 3.05) is 6.61 Å². The van der Waals surface area contributed by atoms with Crippen molar-refractivity contribution >= 4 is 44.3 Å². The van der Waals surface area contributed by atoms with Gasteiger partial charge in [-0.1, -0.05) is 46.9 Å². The van der Waals surface area contributed by atoms with Crippen molar-refractivity contribution in [2.24, 2.45) is 0 Å². The van der Waals surface area contributed by atoms with Crippen molar-refractivity contribution < 1.29 is 9.53 Å². The summed E-state index contributed by atoms with van der Waals surface area (Å²) in [4.78, 5) is 21.7. The Bertz CT molecular complexity index is 978. The first-order valence-corrected chi connectivity index (χ1v) is 10.1. The van der Waals surface area contributed by atoms with Crippen molar-refractivity contribution in [1.82, 2.24) is 9.97 Å². The highest BCUT2D eigenvalue weighted by atomic mass is 79.9. The van der Waals surface area contributed by atoms with E-state index in [9.17, 15) is 4.79 Å². The molecule has 1 atom stereocenters. The third kappa shape index (κ3) is 4.30. The lowest BCUT2D eigenvalue weighted by Gasteiger charge is -2.18. The van der Waals surface area contributed by atoms with E-state index in [4.69, 9.17) is 16.3 Å². The van der Waals surface area contributed by atoms with E-state index in [0.717, 1.165) is 27.2 Å². The predicted octanol–water partition coefficient (Wildman–Crippen LogP) is 6.16. The summed E-state index contributed by atoms with van der Waals surface area (Å²) in [6.45, 7) is 4.19. The molecule has 0 fully saturated rings. The molecule has 0 spiro atoms. The molecule has 0 aliphatic carbocycles. The summed E-state index contributed by atoms with van der Waals surface area (Å²) < 4.78 is 6.24. The number of halogens is 2. The van der Waals surface area contributed by atoms with Crippen LogP contribution in [0.4, 0.5) is 0 Å². The van der Waals surface area contributed by atoms with Crippen molar-refractivity contribution in [3.05, 3.63) is 57.9 Å². The molecule has 0 saturated heterocycles. The lowest BCUT2D eigenvalue weighted by Crippen LogP contribution is -2.18. The van der Waals surface area contributed by atoms with Crippen LogP contribution in [-0.4, -0.2) is 22.5 Å². The molecule has 0 N–H and O–H groups in total. The van der Waals surface area contributed by atoms with Gasteiger partial charge in [0.25, 0.3) is 0 Å². The number of carbonyl (C=O) groups is 1. The van der Waals surface area contributed by atoms with E-state index < -0.39 is 5.92 Å². The molecule has 0 aliphatic rings. The molecule has 2 heterocycles. The summed E-state index contributed by atoms with van der Waals surface area (Å²) >= 11 is 9.81. The van der Waals surface area contributed by atoms with Gasteiger partial charge in [-0.15, -0.1) is 0 Å². The molecule has 3 rings (SSSR count). The van der Waals surface area contributed by atoms with Crippen LogP contribution in [0.25, 0.3) is 22.0 Å². The number of esters is 1. The van der Waals surface area contributed by atoms with Gasteiger partial charge in [0.15, 0.2) is 0 Å². The highest BCUT2D eigenvalue weighted by Crippen LogP contribution is 2.36. The Morgan fingerprint density at radius 2 is 2.07 bits per heavy atom. The van der Waals surface area contributed by atoms with Gasteiger partial charge >= 0.3 is 5.97 Å². The molecule has 0 bridgehead atoms. The van der Waals surface area contributed by atoms with Gasteiger partial charge < -0.3 is 4.74 Å².